The number of hydrogen-bond acceptors (Lipinski definition) is 3. The Morgan fingerprint density at radius 1 is 0.742 bits per heavy atom. The molecule has 4 nitrogen and oxygen atoms in total. The first kappa shape index (κ1) is 16.5. The van der Waals surface area contributed by atoms with E-state index in [1.165, 1.54) is 21.5 Å². The highest BCUT2D eigenvalue weighted by atomic mass is 15.6. The zero-order chi connectivity index (χ0) is 20.4. The minimum atomic E-state index is 0.904. The van der Waals surface area contributed by atoms with Gasteiger partial charge >= 0.3 is 0 Å². The van der Waals surface area contributed by atoms with Gasteiger partial charge in [-0.1, -0.05) is 48.5 Å². The second-order valence-corrected chi connectivity index (χ2v) is 7.90. The molecule has 4 heteroatoms. The maximum absolute atomic E-state index is 5.14. The molecule has 0 spiro atoms. The topological polar surface area (TPSA) is 35.2 Å². The number of allylic oxidation sites excluding steroid dienone is 2. The van der Waals surface area contributed by atoms with E-state index < -0.39 is 0 Å². The largest absolute Gasteiger partial charge is 0.338 e. The lowest BCUT2D eigenvalue weighted by atomic mass is 9.96. The zero-order valence-electron chi connectivity index (χ0n) is 16.7. The van der Waals surface area contributed by atoms with Gasteiger partial charge in [0.15, 0.2) is 0 Å². The van der Waals surface area contributed by atoms with Gasteiger partial charge < -0.3 is 4.98 Å². The average Bonchev–Trinajstić information content (AvgIpc) is 3.26. The van der Waals surface area contributed by atoms with Crippen LogP contribution in [0.5, 0.6) is 0 Å². The minimum Gasteiger partial charge on any atom is -0.338 e. The summed E-state index contributed by atoms with van der Waals surface area (Å²) in [6.07, 6.45) is 12.4. The average molecular weight is 398 g/mol. The van der Waals surface area contributed by atoms with Crippen LogP contribution in [-0.2, 0) is 0 Å². The lowest BCUT2D eigenvalue weighted by Crippen LogP contribution is -2.34. The highest BCUT2D eigenvalue weighted by Gasteiger charge is 2.22. The van der Waals surface area contributed by atoms with Crippen LogP contribution in [0, 0.1) is 0 Å². The smallest absolute Gasteiger partial charge is 0.139 e. The molecule has 0 unspecified atom stereocenters. The molecule has 0 amide bonds. The molecule has 0 fully saturated rings. The van der Waals surface area contributed by atoms with E-state index in [0.29, 0.717) is 0 Å². The number of H-pyrrole nitrogens is 1. The van der Waals surface area contributed by atoms with Crippen LogP contribution in [0.3, 0.4) is 0 Å². The summed E-state index contributed by atoms with van der Waals surface area (Å²) in [6.45, 7) is 0. The number of anilines is 1. The van der Waals surface area contributed by atoms with E-state index in [-0.39, 0.29) is 0 Å². The monoisotopic (exact) mass is 398 g/mol. The van der Waals surface area contributed by atoms with Crippen molar-refractivity contribution in [2.24, 2.45) is 0 Å². The van der Waals surface area contributed by atoms with E-state index in [2.05, 4.69) is 100 Å². The number of aromatic amines is 1. The normalized spacial score (nSPS) is 14.6. The van der Waals surface area contributed by atoms with Crippen molar-refractivity contribution in [1.82, 2.24) is 15.0 Å². The number of rotatable bonds is 1. The Morgan fingerprint density at radius 3 is 2.29 bits per heavy atom. The van der Waals surface area contributed by atoms with Gasteiger partial charge in [-0.25, -0.2) is 4.98 Å². The lowest BCUT2D eigenvalue weighted by molar-refractivity contribution is 0.505. The van der Waals surface area contributed by atoms with Gasteiger partial charge in [0.1, 0.15) is 5.82 Å². The number of aromatic nitrogens is 2. The number of nitrogens with zero attached hydrogens (tertiary/aromatic N) is 3. The maximum atomic E-state index is 5.14. The molecule has 0 saturated carbocycles. The van der Waals surface area contributed by atoms with Crippen LogP contribution in [0.4, 0.5) is 5.69 Å². The van der Waals surface area contributed by atoms with Crippen molar-refractivity contribution in [1.29, 1.82) is 0 Å². The first-order chi connectivity index (χ1) is 15.4. The minimum absolute atomic E-state index is 0.904. The second-order valence-electron chi connectivity index (χ2n) is 7.90. The molecular formula is C27H18N4. The molecule has 4 aromatic carbocycles. The van der Waals surface area contributed by atoms with Crippen LogP contribution in [0.2, 0.25) is 0 Å². The first-order valence-corrected chi connectivity index (χ1v) is 10.4. The van der Waals surface area contributed by atoms with Crippen LogP contribution < -0.4 is 5.01 Å². The van der Waals surface area contributed by atoms with Gasteiger partial charge in [-0.15, -0.1) is 0 Å². The van der Waals surface area contributed by atoms with E-state index in [0.717, 1.165) is 33.7 Å². The molecular weight excluding hydrogens is 380 g/mol. The Bertz CT molecular complexity index is 1550. The summed E-state index contributed by atoms with van der Waals surface area (Å²) >= 11 is 0. The molecule has 7 rings (SSSR count). The number of benzene rings is 4. The summed E-state index contributed by atoms with van der Waals surface area (Å²) in [6, 6.07) is 23.6. The van der Waals surface area contributed by atoms with Crippen molar-refractivity contribution in [3.8, 4) is 11.4 Å². The van der Waals surface area contributed by atoms with Gasteiger partial charge in [0.05, 0.1) is 16.7 Å². The molecule has 3 heterocycles. The van der Waals surface area contributed by atoms with Gasteiger partial charge in [0.2, 0.25) is 0 Å². The van der Waals surface area contributed by atoms with Gasteiger partial charge in [-0.05, 0) is 58.0 Å². The van der Waals surface area contributed by atoms with Crippen molar-refractivity contribution in [3.05, 3.63) is 103 Å². The zero-order valence-corrected chi connectivity index (χ0v) is 16.7. The van der Waals surface area contributed by atoms with Crippen molar-refractivity contribution < 1.29 is 0 Å². The molecule has 5 aromatic rings. The maximum Gasteiger partial charge on any atom is 0.139 e. The van der Waals surface area contributed by atoms with Crippen LogP contribution >= 0.6 is 0 Å². The van der Waals surface area contributed by atoms with Gasteiger partial charge in [-0.3, -0.25) is 10.0 Å². The van der Waals surface area contributed by atoms with E-state index in [1.54, 1.807) is 0 Å². The third kappa shape index (κ3) is 2.33. The van der Waals surface area contributed by atoms with Crippen molar-refractivity contribution in [3.63, 3.8) is 0 Å². The summed E-state index contributed by atoms with van der Waals surface area (Å²) in [5.41, 5.74) is 5.43. The van der Waals surface area contributed by atoms with Crippen molar-refractivity contribution in [2.45, 2.75) is 0 Å². The number of hydrazine groups is 1. The molecule has 0 aliphatic carbocycles. The molecule has 0 radical (unpaired) electrons. The van der Waals surface area contributed by atoms with Crippen LogP contribution in [-0.4, -0.2) is 15.0 Å². The fraction of sp³-hybridized carbons (Fsp3) is 0. The summed E-state index contributed by atoms with van der Waals surface area (Å²) in [4.78, 5) is 8.75. The fourth-order valence-electron chi connectivity index (χ4n) is 4.73. The number of hydrogen-bond donors (Lipinski definition) is 1. The number of nitrogens with one attached hydrogen (secondary N) is 1. The molecule has 2 aliphatic heterocycles. The Morgan fingerprint density at radius 2 is 1.48 bits per heavy atom. The Labute approximate surface area is 179 Å². The molecule has 0 bridgehead atoms. The Hall–Kier alpha value is -4.31. The standard InChI is InChI=1S/C27H18N4/c1-3-9-20-18(7-1)17-19-8-2-4-10-21(19)25(20)27-28-23-11-12-24-22(26(23)29-27)13-16-30-14-5-6-15-31(24)30/h1-17H,(H,28,29). The van der Waals surface area contributed by atoms with E-state index in [1.807, 2.05) is 18.4 Å². The number of imidazole rings is 1. The first-order valence-electron chi connectivity index (χ1n) is 10.4. The molecule has 146 valence electrons. The third-order valence-corrected chi connectivity index (χ3v) is 6.15. The molecule has 1 aromatic heterocycles. The van der Waals surface area contributed by atoms with Crippen molar-refractivity contribution in [2.75, 3.05) is 5.01 Å². The van der Waals surface area contributed by atoms with Crippen LogP contribution in [0.15, 0.2) is 97.5 Å². The van der Waals surface area contributed by atoms with Crippen LogP contribution in [0.1, 0.15) is 5.56 Å². The van der Waals surface area contributed by atoms with E-state index in [4.69, 9.17) is 4.98 Å². The summed E-state index contributed by atoms with van der Waals surface area (Å²) < 4.78 is 0. The fourth-order valence-corrected chi connectivity index (χ4v) is 4.73. The highest BCUT2D eigenvalue weighted by Crippen LogP contribution is 2.39. The third-order valence-electron chi connectivity index (χ3n) is 6.15. The van der Waals surface area contributed by atoms with Gasteiger partial charge in [0.25, 0.3) is 0 Å². The van der Waals surface area contributed by atoms with E-state index in [9.17, 15) is 0 Å². The summed E-state index contributed by atoms with van der Waals surface area (Å²) in [5, 5.41) is 9.06. The predicted molar refractivity (Wildman–Crippen MR) is 128 cm³/mol. The quantitative estimate of drug-likeness (QED) is 0.324. The second kappa shape index (κ2) is 6.09. The van der Waals surface area contributed by atoms with Gasteiger partial charge in [-0.2, -0.15) is 0 Å². The van der Waals surface area contributed by atoms with Gasteiger partial charge in [0, 0.05) is 29.7 Å². The van der Waals surface area contributed by atoms with Crippen LogP contribution in [0.25, 0.3) is 50.0 Å². The summed E-state index contributed by atoms with van der Waals surface area (Å²) in [7, 11) is 0. The molecule has 31 heavy (non-hydrogen) atoms. The predicted octanol–water partition coefficient (Wildman–Crippen LogP) is 6.59. The van der Waals surface area contributed by atoms with E-state index >= 15 is 0 Å². The summed E-state index contributed by atoms with van der Waals surface area (Å²) in [5.74, 6) is 0.904. The molecule has 1 N–H and O–H groups in total. The molecule has 0 saturated heterocycles. The number of fused-ring (bicyclic) bond motifs is 7. The molecule has 2 aliphatic rings. The highest BCUT2D eigenvalue weighted by molar-refractivity contribution is 6.12. The Balaban J connectivity index is 1.52. The lowest BCUT2D eigenvalue weighted by Gasteiger charge is -2.35. The molecule has 0 atom stereocenters. The SMILES string of the molecule is C1=CN2C=Cc3c(ccc4[nH]c(-c5c6ccccc6cc6ccccc56)nc34)N2C=C1. The Kier molecular flexibility index (Phi) is 3.24. The van der Waals surface area contributed by atoms with Crippen molar-refractivity contribution >= 4 is 44.3 Å².